The molecule has 0 saturated carbocycles. The Labute approximate surface area is 140 Å². The average Bonchev–Trinajstić information content (AvgIpc) is 2.93. The molecule has 24 heavy (non-hydrogen) atoms. The summed E-state index contributed by atoms with van der Waals surface area (Å²) in [5.74, 6) is -1.02. The van der Waals surface area contributed by atoms with Crippen molar-refractivity contribution in [1.82, 2.24) is 14.8 Å². The van der Waals surface area contributed by atoms with Gasteiger partial charge in [-0.3, -0.25) is 9.59 Å². The number of carboxylic acid groups (broad SMARTS) is 1. The zero-order valence-electron chi connectivity index (χ0n) is 13.8. The summed E-state index contributed by atoms with van der Waals surface area (Å²) in [6, 6.07) is 9.68. The second kappa shape index (κ2) is 8.35. The van der Waals surface area contributed by atoms with Crippen molar-refractivity contribution >= 4 is 11.8 Å². The van der Waals surface area contributed by atoms with E-state index in [0.29, 0.717) is 6.54 Å². The van der Waals surface area contributed by atoms with Crippen molar-refractivity contribution < 1.29 is 19.4 Å². The smallest absolute Gasteiger partial charge is 0.314 e. The van der Waals surface area contributed by atoms with Gasteiger partial charge in [0.05, 0.1) is 6.61 Å². The predicted molar refractivity (Wildman–Crippen MR) is 87.4 cm³/mol. The maximum Gasteiger partial charge on any atom is 0.314 e. The number of hydrogen-bond acceptors (Lipinski definition) is 5. The van der Waals surface area contributed by atoms with Crippen LogP contribution in [-0.2, 0) is 20.9 Å². The molecular weight excluding hydrogens is 310 g/mol. The third-order valence-corrected chi connectivity index (χ3v) is 3.77. The van der Waals surface area contributed by atoms with Gasteiger partial charge in [0.25, 0.3) is 0 Å². The van der Waals surface area contributed by atoms with E-state index in [9.17, 15) is 9.59 Å². The van der Waals surface area contributed by atoms with Gasteiger partial charge in [0.1, 0.15) is 18.3 Å². The number of ketones is 1. The maximum absolute atomic E-state index is 11.8. The SMILES string of the molecule is CCC(C(=O)O)C(=O)COCCn1c(C)nnc1-c1ccccc1. The highest BCUT2D eigenvalue weighted by atomic mass is 16.5. The van der Waals surface area contributed by atoms with Crippen LogP contribution in [0.25, 0.3) is 11.4 Å². The van der Waals surface area contributed by atoms with Gasteiger partial charge < -0.3 is 14.4 Å². The lowest BCUT2D eigenvalue weighted by Gasteiger charge is -2.11. The molecule has 0 fully saturated rings. The summed E-state index contributed by atoms with van der Waals surface area (Å²) in [7, 11) is 0. The van der Waals surface area contributed by atoms with Crippen LogP contribution in [0.4, 0.5) is 0 Å². The quantitative estimate of drug-likeness (QED) is 0.557. The van der Waals surface area contributed by atoms with Crippen LogP contribution in [0.15, 0.2) is 30.3 Å². The van der Waals surface area contributed by atoms with E-state index >= 15 is 0 Å². The average molecular weight is 331 g/mol. The van der Waals surface area contributed by atoms with Crippen molar-refractivity contribution in [3.05, 3.63) is 36.2 Å². The molecule has 2 rings (SSSR count). The number of aliphatic carboxylic acids is 1. The third kappa shape index (κ3) is 4.26. The first-order chi connectivity index (χ1) is 11.5. The minimum atomic E-state index is -1.10. The number of rotatable bonds is 9. The zero-order valence-corrected chi connectivity index (χ0v) is 13.8. The van der Waals surface area contributed by atoms with Gasteiger partial charge in [-0.05, 0) is 13.3 Å². The minimum Gasteiger partial charge on any atom is -0.481 e. The highest BCUT2D eigenvalue weighted by Crippen LogP contribution is 2.17. The first-order valence-corrected chi connectivity index (χ1v) is 7.83. The number of hydrogen-bond donors (Lipinski definition) is 1. The summed E-state index contributed by atoms with van der Waals surface area (Å²) in [5.41, 5.74) is 0.950. The molecule has 7 nitrogen and oxygen atoms in total. The van der Waals surface area contributed by atoms with Crippen LogP contribution in [0, 0.1) is 12.8 Å². The number of ether oxygens (including phenoxy) is 1. The van der Waals surface area contributed by atoms with Gasteiger partial charge in [0, 0.05) is 12.1 Å². The highest BCUT2D eigenvalue weighted by molar-refractivity contribution is 5.98. The van der Waals surface area contributed by atoms with Gasteiger partial charge in [-0.2, -0.15) is 0 Å². The molecule has 128 valence electrons. The first kappa shape index (κ1) is 17.8. The Morgan fingerprint density at radius 1 is 1.25 bits per heavy atom. The number of carboxylic acids is 1. The Morgan fingerprint density at radius 2 is 1.96 bits per heavy atom. The van der Waals surface area contributed by atoms with E-state index in [2.05, 4.69) is 10.2 Å². The van der Waals surface area contributed by atoms with Crippen molar-refractivity contribution in [2.45, 2.75) is 26.8 Å². The topological polar surface area (TPSA) is 94.3 Å². The molecule has 0 aliphatic carbocycles. The van der Waals surface area contributed by atoms with E-state index in [0.717, 1.165) is 17.2 Å². The largest absolute Gasteiger partial charge is 0.481 e. The lowest BCUT2D eigenvalue weighted by atomic mass is 10.0. The molecule has 2 aromatic rings. The van der Waals surface area contributed by atoms with E-state index in [1.165, 1.54) is 0 Å². The van der Waals surface area contributed by atoms with Crippen LogP contribution < -0.4 is 0 Å². The zero-order chi connectivity index (χ0) is 17.5. The summed E-state index contributed by atoms with van der Waals surface area (Å²) < 4.78 is 7.27. The number of Topliss-reactive ketones (excluding diaryl/α,β-unsaturated/α-hetero) is 1. The molecule has 0 aliphatic heterocycles. The van der Waals surface area contributed by atoms with Gasteiger partial charge in [-0.1, -0.05) is 37.3 Å². The maximum atomic E-state index is 11.8. The molecule has 1 atom stereocenters. The molecule has 0 bridgehead atoms. The summed E-state index contributed by atoms with van der Waals surface area (Å²) in [5, 5.41) is 17.2. The van der Waals surface area contributed by atoms with Gasteiger partial charge in [0.15, 0.2) is 11.6 Å². The fraction of sp³-hybridized carbons (Fsp3) is 0.412. The second-order valence-electron chi connectivity index (χ2n) is 5.41. The number of aryl methyl sites for hydroxylation is 1. The summed E-state index contributed by atoms with van der Waals surface area (Å²) in [6.07, 6.45) is 0.264. The number of nitrogens with zero attached hydrogens (tertiary/aromatic N) is 3. The Kier molecular flexibility index (Phi) is 6.20. The van der Waals surface area contributed by atoms with Crippen molar-refractivity contribution in [3.63, 3.8) is 0 Å². The van der Waals surface area contributed by atoms with Crippen LogP contribution in [0.5, 0.6) is 0 Å². The van der Waals surface area contributed by atoms with Crippen LogP contribution in [-0.4, -0.2) is 44.8 Å². The fourth-order valence-electron chi connectivity index (χ4n) is 2.42. The molecule has 1 heterocycles. The lowest BCUT2D eigenvalue weighted by Crippen LogP contribution is -2.27. The van der Waals surface area contributed by atoms with Crippen LogP contribution >= 0.6 is 0 Å². The van der Waals surface area contributed by atoms with Crippen molar-refractivity contribution in [2.24, 2.45) is 5.92 Å². The number of carbonyl (C=O) groups is 2. The molecule has 7 heteroatoms. The number of carbonyl (C=O) groups excluding carboxylic acids is 1. The Morgan fingerprint density at radius 3 is 2.58 bits per heavy atom. The molecular formula is C17H21N3O4. The molecule has 1 aromatic heterocycles. The van der Waals surface area contributed by atoms with Gasteiger partial charge in [0.2, 0.25) is 0 Å². The minimum absolute atomic E-state index is 0.202. The van der Waals surface area contributed by atoms with Crippen LogP contribution in [0.2, 0.25) is 0 Å². The molecule has 1 N–H and O–H groups in total. The van der Waals surface area contributed by atoms with E-state index < -0.39 is 17.7 Å². The van der Waals surface area contributed by atoms with Gasteiger partial charge >= 0.3 is 5.97 Å². The predicted octanol–water partition coefficient (Wildman–Crippen LogP) is 1.95. The summed E-state index contributed by atoms with van der Waals surface area (Å²) in [6.45, 7) is 4.08. The second-order valence-corrected chi connectivity index (χ2v) is 5.41. The Balaban J connectivity index is 1.93. The summed E-state index contributed by atoms with van der Waals surface area (Å²) >= 11 is 0. The summed E-state index contributed by atoms with van der Waals surface area (Å²) in [4.78, 5) is 22.7. The van der Waals surface area contributed by atoms with E-state index in [4.69, 9.17) is 9.84 Å². The normalized spacial score (nSPS) is 12.1. The molecule has 1 aromatic carbocycles. The number of aromatic nitrogens is 3. The third-order valence-electron chi connectivity index (χ3n) is 3.77. The molecule has 0 radical (unpaired) electrons. The molecule has 0 aliphatic rings. The number of benzene rings is 1. The van der Waals surface area contributed by atoms with Crippen molar-refractivity contribution in [1.29, 1.82) is 0 Å². The monoisotopic (exact) mass is 331 g/mol. The molecule has 1 unspecified atom stereocenters. The van der Waals surface area contributed by atoms with Gasteiger partial charge in [-0.15, -0.1) is 10.2 Å². The van der Waals surface area contributed by atoms with Crippen LogP contribution in [0.1, 0.15) is 19.2 Å². The van der Waals surface area contributed by atoms with Crippen molar-refractivity contribution in [2.75, 3.05) is 13.2 Å². The highest BCUT2D eigenvalue weighted by Gasteiger charge is 2.23. The van der Waals surface area contributed by atoms with E-state index in [-0.39, 0.29) is 19.6 Å². The lowest BCUT2D eigenvalue weighted by molar-refractivity contribution is -0.147. The van der Waals surface area contributed by atoms with Gasteiger partial charge in [-0.25, -0.2) is 0 Å². The molecule has 0 saturated heterocycles. The Hall–Kier alpha value is -2.54. The molecule has 0 amide bonds. The fourth-order valence-corrected chi connectivity index (χ4v) is 2.42. The van der Waals surface area contributed by atoms with E-state index in [1.807, 2.05) is 41.8 Å². The van der Waals surface area contributed by atoms with E-state index in [1.54, 1.807) is 6.92 Å². The standard InChI is InChI=1S/C17H21N3O4/c1-3-14(17(22)23)15(21)11-24-10-9-20-12(2)18-19-16(20)13-7-5-4-6-8-13/h4-8,14H,3,9-11H2,1-2H3,(H,22,23). The first-order valence-electron chi connectivity index (χ1n) is 7.83. The molecule has 0 spiro atoms. The Bertz CT molecular complexity index is 697. The van der Waals surface area contributed by atoms with Crippen molar-refractivity contribution in [3.8, 4) is 11.4 Å². The van der Waals surface area contributed by atoms with Crippen LogP contribution in [0.3, 0.4) is 0 Å².